The number of halogens is 4. The van der Waals surface area contributed by atoms with Crippen molar-refractivity contribution in [3.05, 3.63) is 24.3 Å². The van der Waals surface area contributed by atoms with Crippen LogP contribution in [0.4, 0.5) is 0 Å². The van der Waals surface area contributed by atoms with Crippen LogP contribution in [0, 0.1) is 0 Å². The van der Waals surface area contributed by atoms with Crippen LogP contribution in [0.3, 0.4) is 0 Å². The zero-order valence-corrected chi connectivity index (χ0v) is 11.8. The van der Waals surface area contributed by atoms with Crippen LogP contribution in [0.5, 0.6) is 0 Å². The fourth-order valence-corrected chi connectivity index (χ4v) is 0.856. The van der Waals surface area contributed by atoms with E-state index in [4.69, 9.17) is 0 Å². The molecule has 0 aromatic heterocycles. The van der Waals surface area contributed by atoms with Crippen LogP contribution in [0.1, 0.15) is 25.7 Å². The minimum atomic E-state index is 0. The molecule has 0 bridgehead atoms. The Morgan fingerprint density at radius 2 is 0.615 bits per heavy atom. The van der Waals surface area contributed by atoms with E-state index in [1.54, 1.807) is 0 Å². The summed E-state index contributed by atoms with van der Waals surface area (Å²) in [5, 5.41) is 0. The number of rotatable bonds is 0. The Morgan fingerprint density at radius 1 is 0.462 bits per heavy atom. The molecule has 5 heteroatoms. The third-order valence-corrected chi connectivity index (χ3v) is 1.33. The summed E-state index contributed by atoms with van der Waals surface area (Å²) in [5.74, 6) is 0. The maximum atomic E-state index is 2.27. The minimum Gasteiger partial charge on any atom is -1.00 e. The SMILES string of the molecule is C1=C\CC/C=C\CC/1.[Cl-].[Cl-].[Cl-].[Cl-].[Ru+4]. The van der Waals surface area contributed by atoms with Crippen molar-refractivity contribution in [1.29, 1.82) is 0 Å². The van der Waals surface area contributed by atoms with Gasteiger partial charge in [-0.3, -0.25) is 0 Å². The average Bonchev–Trinajstić information content (AvgIpc) is 1.62. The molecule has 0 aromatic carbocycles. The third kappa shape index (κ3) is 19.6. The van der Waals surface area contributed by atoms with Gasteiger partial charge in [-0.15, -0.1) is 0 Å². The Balaban J connectivity index is -0.0000000427. The summed E-state index contributed by atoms with van der Waals surface area (Å²) in [7, 11) is 0. The van der Waals surface area contributed by atoms with E-state index in [0.717, 1.165) is 0 Å². The molecule has 0 N–H and O–H groups in total. The van der Waals surface area contributed by atoms with Gasteiger partial charge in [0.25, 0.3) is 0 Å². The second-order valence-corrected chi connectivity index (χ2v) is 2.10. The van der Waals surface area contributed by atoms with Crippen LogP contribution >= 0.6 is 0 Å². The first-order chi connectivity index (χ1) is 4.00. The molecule has 0 spiro atoms. The first-order valence-electron chi connectivity index (χ1n) is 3.30. The van der Waals surface area contributed by atoms with Gasteiger partial charge in [0, 0.05) is 0 Å². The van der Waals surface area contributed by atoms with E-state index < -0.39 is 0 Å². The molecule has 13 heavy (non-hydrogen) atoms. The molecular weight excluding hydrogens is 339 g/mol. The summed E-state index contributed by atoms with van der Waals surface area (Å²) in [6.07, 6.45) is 14.0. The number of hydrogen-bond donors (Lipinski definition) is 0. The van der Waals surface area contributed by atoms with Crippen molar-refractivity contribution in [1.82, 2.24) is 0 Å². The van der Waals surface area contributed by atoms with Crippen LogP contribution in [0.25, 0.3) is 0 Å². The fraction of sp³-hybridized carbons (Fsp3) is 0.500. The van der Waals surface area contributed by atoms with Crippen LogP contribution in [-0.2, 0) is 19.5 Å². The maximum Gasteiger partial charge on any atom is 4.00 e. The van der Waals surface area contributed by atoms with Crippen molar-refractivity contribution in [2.45, 2.75) is 25.7 Å². The summed E-state index contributed by atoms with van der Waals surface area (Å²) in [6, 6.07) is 0. The third-order valence-electron chi connectivity index (χ3n) is 1.33. The number of allylic oxidation sites excluding steroid dienone is 4. The normalized spacial score (nSPS) is 17.2. The molecule has 0 unspecified atom stereocenters. The van der Waals surface area contributed by atoms with E-state index in [1.807, 2.05) is 0 Å². The Morgan fingerprint density at radius 3 is 0.769 bits per heavy atom. The van der Waals surface area contributed by atoms with Gasteiger partial charge in [-0.2, -0.15) is 0 Å². The van der Waals surface area contributed by atoms with E-state index in [1.165, 1.54) is 25.7 Å². The molecule has 0 fully saturated rings. The van der Waals surface area contributed by atoms with Gasteiger partial charge in [-0.1, -0.05) is 24.3 Å². The minimum absolute atomic E-state index is 0. The zero-order valence-electron chi connectivity index (χ0n) is 7.00. The van der Waals surface area contributed by atoms with Gasteiger partial charge in [-0.25, -0.2) is 0 Å². The molecular formula is C8H12Cl4Ru. The maximum absolute atomic E-state index is 2.27. The summed E-state index contributed by atoms with van der Waals surface area (Å²) >= 11 is 0. The second-order valence-electron chi connectivity index (χ2n) is 2.10. The molecule has 0 aliphatic heterocycles. The van der Waals surface area contributed by atoms with E-state index in [0.29, 0.717) is 0 Å². The number of hydrogen-bond acceptors (Lipinski definition) is 0. The van der Waals surface area contributed by atoms with Crippen LogP contribution < -0.4 is 49.6 Å². The van der Waals surface area contributed by atoms with Gasteiger partial charge in [0.15, 0.2) is 0 Å². The zero-order chi connectivity index (χ0) is 5.66. The topological polar surface area (TPSA) is 0 Å². The summed E-state index contributed by atoms with van der Waals surface area (Å²) in [6.45, 7) is 0. The smallest absolute Gasteiger partial charge is 1.00 e. The molecule has 1 aliphatic carbocycles. The summed E-state index contributed by atoms with van der Waals surface area (Å²) in [4.78, 5) is 0. The largest absolute Gasteiger partial charge is 4.00 e. The van der Waals surface area contributed by atoms with E-state index >= 15 is 0 Å². The predicted molar refractivity (Wildman–Crippen MR) is 36.7 cm³/mol. The van der Waals surface area contributed by atoms with Gasteiger partial charge in [0.1, 0.15) is 0 Å². The van der Waals surface area contributed by atoms with E-state index in [-0.39, 0.29) is 69.1 Å². The molecule has 1 aliphatic rings. The quantitative estimate of drug-likeness (QED) is 0.301. The Kier molecular flexibility index (Phi) is 52.3. The van der Waals surface area contributed by atoms with E-state index in [2.05, 4.69) is 24.3 Å². The van der Waals surface area contributed by atoms with Crippen molar-refractivity contribution < 1.29 is 69.1 Å². The van der Waals surface area contributed by atoms with Crippen molar-refractivity contribution in [2.24, 2.45) is 0 Å². The Bertz CT molecular complexity index is 88.7. The molecule has 0 atom stereocenters. The van der Waals surface area contributed by atoms with E-state index in [9.17, 15) is 0 Å². The van der Waals surface area contributed by atoms with Crippen LogP contribution in [-0.4, -0.2) is 0 Å². The van der Waals surface area contributed by atoms with Crippen molar-refractivity contribution in [2.75, 3.05) is 0 Å². The molecule has 0 nitrogen and oxygen atoms in total. The van der Waals surface area contributed by atoms with Crippen molar-refractivity contribution in [3.8, 4) is 0 Å². The molecule has 0 heterocycles. The standard InChI is InChI=1S/C8H12.4ClH.Ru/c1-2-4-6-8-7-5-3-1;;;;;/h1-2,7-8H,3-6H2;4*1H;/q;;;;;+4/p-4/b2-1-,8-7-;;;;;. The van der Waals surface area contributed by atoms with Crippen LogP contribution in [0.15, 0.2) is 24.3 Å². The summed E-state index contributed by atoms with van der Waals surface area (Å²) < 4.78 is 0. The van der Waals surface area contributed by atoms with Gasteiger partial charge in [-0.05, 0) is 25.7 Å². The molecule has 0 aromatic rings. The Labute approximate surface area is 118 Å². The van der Waals surface area contributed by atoms with Gasteiger partial charge >= 0.3 is 19.5 Å². The van der Waals surface area contributed by atoms with Gasteiger partial charge in [0.2, 0.25) is 0 Å². The summed E-state index contributed by atoms with van der Waals surface area (Å²) in [5.41, 5.74) is 0. The molecule has 0 saturated carbocycles. The molecule has 0 saturated heterocycles. The van der Waals surface area contributed by atoms with Gasteiger partial charge in [0.05, 0.1) is 0 Å². The first kappa shape index (κ1) is 29.2. The predicted octanol–water partition coefficient (Wildman–Crippen LogP) is -9.31. The molecule has 80 valence electrons. The molecule has 0 radical (unpaired) electrons. The second kappa shape index (κ2) is 23.2. The molecule has 1 rings (SSSR count). The average molecular weight is 351 g/mol. The van der Waals surface area contributed by atoms with Crippen LogP contribution in [0.2, 0.25) is 0 Å². The first-order valence-corrected chi connectivity index (χ1v) is 3.30. The van der Waals surface area contributed by atoms with Gasteiger partial charge < -0.3 is 49.6 Å². The Hall–Kier alpha value is 1.26. The monoisotopic (exact) mass is 350 g/mol. The van der Waals surface area contributed by atoms with Crippen molar-refractivity contribution in [3.63, 3.8) is 0 Å². The molecule has 0 amide bonds. The van der Waals surface area contributed by atoms with Crippen molar-refractivity contribution >= 4 is 0 Å². The fourth-order valence-electron chi connectivity index (χ4n) is 0.856.